The Hall–Kier alpha value is -1.56. The Morgan fingerprint density at radius 3 is 2.19 bits per heavy atom. The van der Waals surface area contributed by atoms with Crippen molar-refractivity contribution in [2.24, 2.45) is 0 Å². The fourth-order valence-corrected chi connectivity index (χ4v) is 2.34. The van der Waals surface area contributed by atoms with Crippen LogP contribution in [-0.4, -0.2) is 5.91 Å². The van der Waals surface area contributed by atoms with Crippen LogP contribution in [0.25, 0.3) is 0 Å². The van der Waals surface area contributed by atoms with Crippen LogP contribution in [0.5, 0.6) is 0 Å². The van der Waals surface area contributed by atoms with E-state index in [0.717, 1.165) is 11.4 Å². The van der Waals surface area contributed by atoms with Crippen molar-refractivity contribution >= 4 is 39.9 Å². The molecule has 3 nitrogen and oxygen atoms in total. The highest BCUT2D eigenvalue weighted by atomic mass is 127. The highest BCUT2D eigenvalue weighted by Crippen LogP contribution is 2.21. The number of amides is 1. The molecular formula is C17H19IN2O. The Morgan fingerprint density at radius 1 is 1.05 bits per heavy atom. The van der Waals surface area contributed by atoms with E-state index in [1.54, 1.807) is 0 Å². The molecule has 0 heterocycles. The number of rotatable bonds is 5. The van der Waals surface area contributed by atoms with Crippen LogP contribution in [0.1, 0.15) is 31.9 Å². The summed E-state index contributed by atoms with van der Waals surface area (Å²) in [7, 11) is 0. The molecule has 21 heavy (non-hydrogen) atoms. The molecule has 4 heteroatoms. The maximum atomic E-state index is 11.3. The number of benzene rings is 2. The summed E-state index contributed by atoms with van der Waals surface area (Å²) in [6.45, 7) is 3.98. The monoisotopic (exact) mass is 394 g/mol. The van der Waals surface area contributed by atoms with Crippen molar-refractivity contribution in [3.05, 3.63) is 57.7 Å². The van der Waals surface area contributed by atoms with Gasteiger partial charge in [0.25, 0.3) is 0 Å². The van der Waals surface area contributed by atoms with Gasteiger partial charge in [-0.05, 0) is 71.5 Å². The molecule has 1 atom stereocenters. The smallest absolute Gasteiger partial charge is 0.224 e. The molecule has 0 aliphatic rings. The first kappa shape index (κ1) is 15.8. The van der Waals surface area contributed by atoms with E-state index in [1.165, 1.54) is 9.13 Å². The van der Waals surface area contributed by atoms with Crippen molar-refractivity contribution < 1.29 is 4.79 Å². The molecule has 0 fully saturated rings. The fraction of sp³-hybridized carbons (Fsp3) is 0.235. The molecule has 0 bridgehead atoms. The van der Waals surface area contributed by atoms with Crippen molar-refractivity contribution in [1.29, 1.82) is 0 Å². The molecule has 0 saturated carbocycles. The van der Waals surface area contributed by atoms with Crippen LogP contribution in [0.2, 0.25) is 0 Å². The summed E-state index contributed by atoms with van der Waals surface area (Å²) in [5.41, 5.74) is 3.11. The first-order chi connectivity index (χ1) is 10.1. The van der Waals surface area contributed by atoms with Crippen molar-refractivity contribution in [1.82, 2.24) is 0 Å². The van der Waals surface area contributed by atoms with E-state index in [1.807, 2.05) is 31.2 Å². The van der Waals surface area contributed by atoms with Crippen LogP contribution in [0.3, 0.4) is 0 Å². The molecule has 110 valence electrons. The van der Waals surface area contributed by atoms with E-state index in [2.05, 4.69) is 64.4 Å². The van der Waals surface area contributed by atoms with E-state index >= 15 is 0 Å². The van der Waals surface area contributed by atoms with Gasteiger partial charge in [0.2, 0.25) is 5.91 Å². The van der Waals surface area contributed by atoms with Gasteiger partial charge in [0.05, 0.1) is 0 Å². The van der Waals surface area contributed by atoms with E-state index in [4.69, 9.17) is 0 Å². The number of anilines is 2. The Labute approximate surface area is 139 Å². The maximum absolute atomic E-state index is 11.3. The minimum atomic E-state index is 0.0305. The van der Waals surface area contributed by atoms with Crippen LogP contribution in [0.15, 0.2) is 48.5 Å². The fourth-order valence-electron chi connectivity index (χ4n) is 1.98. The molecule has 0 aliphatic carbocycles. The van der Waals surface area contributed by atoms with Crippen LogP contribution in [-0.2, 0) is 4.79 Å². The normalized spacial score (nSPS) is 11.8. The second-order valence-corrected chi connectivity index (χ2v) is 6.14. The molecule has 0 aromatic heterocycles. The summed E-state index contributed by atoms with van der Waals surface area (Å²) >= 11 is 2.30. The zero-order chi connectivity index (χ0) is 15.2. The van der Waals surface area contributed by atoms with Gasteiger partial charge in [-0.25, -0.2) is 0 Å². The van der Waals surface area contributed by atoms with Crippen LogP contribution >= 0.6 is 22.6 Å². The summed E-state index contributed by atoms with van der Waals surface area (Å²) in [6.07, 6.45) is 0.490. The Bertz CT molecular complexity index is 593. The second kappa shape index (κ2) is 7.45. The largest absolute Gasteiger partial charge is 0.379 e. The summed E-state index contributed by atoms with van der Waals surface area (Å²) in [6, 6.07) is 16.5. The van der Waals surface area contributed by atoms with Gasteiger partial charge in [-0.3, -0.25) is 4.79 Å². The lowest BCUT2D eigenvalue weighted by atomic mass is 10.1. The third kappa shape index (κ3) is 4.74. The molecule has 1 amide bonds. The zero-order valence-corrected chi connectivity index (χ0v) is 14.3. The van der Waals surface area contributed by atoms with Crippen molar-refractivity contribution in [3.8, 4) is 0 Å². The number of hydrogen-bond acceptors (Lipinski definition) is 2. The topological polar surface area (TPSA) is 41.1 Å². The van der Waals surface area contributed by atoms with Gasteiger partial charge < -0.3 is 10.6 Å². The summed E-state index contributed by atoms with van der Waals surface area (Å²) in [4.78, 5) is 11.3. The molecule has 0 radical (unpaired) electrons. The van der Waals surface area contributed by atoms with Crippen LogP contribution in [0, 0.1) is 3.57 Å². The van der Waals surface area contributed by atoms with Crippen LogP contribution in [0.4, 0.5) is 11.4 Å². The van der Waals surface area contributed by atoms with Gasteiger partial charge in [0.1, 0.15) is 0 Å². The maximum Gasteiger partial charge on any atom is 0.224 e. The molecule has 2 aromatic carbocycles. The molecule has 2 rings (SSSR count). The third-order valence-corrected chi connectivity index (χ3v) is 3.96. The lowest BCUT2D eigenvalue weighted by Crippen LogP contribution is -2.10. The Kier molecular flexibility index (Phi) is 5.61. The SMILES string of the molecule is CCC(=O)Nc1ccc(NC(C)c2ccc(I)cc2)cc1. The zero-order valence-electron chi connectivity index (χ0n) is 12.2. The number of nitrogens with one attached hydrogen (secondary N) is 2. The minimum absolute atomic E-state index is 0.0305. The number of hydrogen-bond donors (Lipinski definition) is 2. The second-order valence-electron chi connectivity index (χ2n) is 4.90. The Balaban J connectivity index is 1.99. The highest BCUT2D eigenvalue weighted by Gasteiger charge is 2.05. The lowest BCUT2D eigenvalue weighted by Gasteiger charge is -2.16. The van der Waals surface area contributed by atoms with Gasteiger partial charge >= 0.3 is 0 Å². The van der Waals surface area contributed by atoms with Gasteiger partial charge in [-0.1, -0.05) is 19.1 Å². The molecule has 0 spiro atoms. The summed E-state index contributed by atoms with van der Waals surface area (Å²) in [5, 5.41) is 6.30. The van der Waals surface area contributed by atoms with E-state index in [0.29, 0.717) is 6.42 Å². The Morgan fingerprint density at radius 2 is 1.62 bits per heavy atom. The predicted molar refractivity (Wildman–Crippen MR) is 96.6 cm³/mol. The molecule has 2 aromatic rings. The van der Waals surface area contributed by atoms with Gasteiger partial charge in [0.15, 0.2) is 0 Å². The number of halogens is 1. The summed E-state index contributed by atoms with van der Waals surface area (Å²) in [5.74, 6) is 0.0305. The molecule has 0 aliphatic heterocycles. The lowest BCUT2D eigenvalue weighted by molar-refractivity contribution is -0.115. The van der Waals surface area contributed by atoms with E-state index < -0.39 is 0 Å². The standard InChI is InChI=1S/C17H19IN2O/c1-3-17(21)20-16-10-8-15(9-11-16)19-12(2)13-4-6-14(18)7-5-13/h4-12,19H,3H2,1-2H3,(H,20,21). The number of carbonyl (C=O) groups is 1. The molecule has 1 unspecified atom stereocenters. The van der Waals surface area contributed by atoms with Gasteiger partial charge in [-0.15, -0.1) is 0 Å². The predicted octanol–water partition coefficient (Wildman–Crippen LogP) is 4.81. The van der Waals surface area contributed by atoms with Crippen molar-refractivity contribution in [3.63, 3.8) is 0 Å². The van der Waals surface area contributed by atoms with Crippen molar-refractivity contribution in [2.75, 3.05) is 10.6 Å². The summed E-state index contributed by atoms with van der Waals surface area (Å²) < 4.78 is 1.24. The first-order valence-electron chi connectivity index (χ1n) is 7.00. The van der Waals surface area contributed by atoms with E-state index in [-0.39, 0.29) is 11.9 Å². The minimum Gasteiger partial charge on any atom is -0.379 e. The average molecular weight is 394 g/mol. The van der Waals surface area contributed by atoms with Gasteiger partial charge in [-0.2, -0.15) is 0 Å². The van der Waals surface area contributed by atoms with Crippen molar-refractivity contribution in [2.45, 2.75) is 26.3 Å². The first-order valence-corrected chi connectivity index (χ1v) is 8.08. The molecule has 2 N–H and O–H groups in total. The quantitative estimate of drug-likeness (QED) is 0.715. The third-order valence-electron chi connectivity index (χ3n) is 3.24. The highest BCUT2D eigenvalue weighted by molar-refractivity contribution is 14.1. The van der Waals surface area contributed by atoms with Gasteiger partial charge in [0, 0.05) is 27.4 Å². The van der Waals surface area contributed by atoms with E-state index in [9.17, 15) is 4.79 Å². The van der Waals surface area contributed by atoms with Crippen LogP contribution < -0.4 is 10.6 Å². The average Bonchev–Trinajstić information content (AvgIpc) is 2.49. The number of carbonyl (C=O) groups excluding carboxylic acids is 1. The molecular weight excluding hydrogens is 375 g/mol. The molecule has 0 saturated heterocycles.